The number of aryl methyl sites for hydroxylation is 2. The first kappa shape index (κ1) is 26.6. The zero-order chi connectivity index (χ0) is 29.1. The highest BCUT2D eigenvalue weighted by Gasteiger charge is 2.64. The lowest BCUT2D eigenvalue weighted by Gasteiger charge is -2.34. The number of hydrogen-bond donors (Lipinski definition) is 0. The quantitative estimate of drug-likeness (QED) is 0.316. The Labute approximate surface area is 238 Å². The van der Waals surface area contributed by atoms with E-state index in [-0.39, 0.29) is 29.2 Å². The van der Waals surface area contributed by atoms with E-state index in [4.69, 9.17) is 13.9 Å². The molecule has 0 saturated heterocycles. The van der Waals surface area contributed by atoms with Crippen molar-refractivity contribution in [3.63, 3.8) is 0 Å². The molecule has 210 valence electrons. The number of amides is 2. The molecular formula is C33H32N2O6. The van der Waals surface area contributed by atoms with Gasteiger partial charge in [-0.15, -0.1) is 0 Å². The molecule has 8 nitrogen and oxygen atoms in total. The van der Waals surface area contributed by atoms with Gasteiger partial charge in [0.25, 0.3) is 11.8 Å². The van der Waals surface area contributed by atoms with Crippen LogP contribution in [0.3, 0.4) is 0 Å². The number of carbonyl (C=O) groups is 2. The summed E-state index contributed by atoms with van der Waals surface area (Å²) < 4.78 is 17.1. The number of nitrogens with zero attached hydrogens (tertiary/aromatic N) is 2. The molecule has 1 spiro atoms. The van der Waals surface area contributed by atoms with E-state index in [0.29, 0.717) is 53.1 Å². The van der Waals surface area contributed by atoms with Crippen molar-refractivity contribution >= 4 is 28.5 Å². The summed E-state index contributed by atoms with van der Waals surface area (Å²) in [5.74, 6) is 0.315. The van der Waals surface area contributed by atoms with E-state index < -0.39 is 11.4 Å². The summed E-state index contributed by atoms with van der Waals surface area (Å²) >= 11 is 0. The van der Waals surface area contributed by atoms with Crippen LogP contribution in [0.25, 0.3) is 11.0 Å². The molecule has 8 heteroatoms. The Morgan fingerprint density at radius 1 is 0.878 bits per heavy atom. The molecule has 0 saturated carbocycles. The van der Waals surface area contributed by atoms with Gasteiger partial charge in [-0.25, -0.2) is 0 Å². The minimum Gasteiger partial charge on any atom is -0.493 e. The number of carbonyl (C=O) groups excluding carboxylic acids is 2. The van der Waals surface area contributed by atoms with Crippen LogP contribution in [0.1, 0.15) is 51.7 Å². The Morgan fingerprint density at radius 3 is 2.34 bits per heavy atom. The van der Waals surface area contributed by atoms with Crippen LogP contribution in [0.2, 0.25) is 0 Å². The average molecular weight is 553 g/mol. The van der Waals surface area contributed by atoms with Gasteiger partial charge in [-0.3, -0.25) is 14.4 Å². The van der Waals surface area contributed by atoms with Gasteiger partial charge in [0.15, 0.2) is 22.5 Å². The fraction of sp³-hybridized carbons (Fsp3) is 0.303. The first-order valence-electron chi connectivity index (χ1n) is 13.8. The van der Waals surface area contributed by atoms with Crippen molar-refractivity contribution in [1.29, 1.82) is 0 Å². The maximum atomic E-state index is 14.6. The Bertz CT molecular complexity index is 1790. The molecule has 0 radical (unpaired) electrons. The molecule has 2 aliphatic rings. The topological polar surface area (TPSA) is 89.3 Å². The number of benzene rings is 3. The lowest BCUT2D eigenvalue weighted by molar-refractivity contribution is -0.126. The summed E-state index contributed by atoms with van der Waals surface area (Å²) in [6.07, 6.45) is 1.13. The largest absolute Gasteiger partial charge is 0.493 e. The van der Waals surface area contributed by atoms with Crippen LogP contribution in [0, 0.1) is 13.8 Å². The van der Waals surface area contributed by atoms with Gasteiger partial charge in [-0.1, -0.05) is 31.2 Å². The zero-order valence-electron chi connectivity index (χ0n) is 23.9. The molecule has 1 atom stereocenters. The van der Waals surface area contributed by atoms with E-state index in [2.05, 4.69) is 0 Å². The highest BCUT2D eigenvalue weighted by molar-refractivity contribution is 6.17. The second-order valence-corrected chi connectivity index (χ2v) is 10.6. The molecule has 0 N–H and O–H groups in total. The smallest absolute Gasteiger partial charge is 0.291 e. The van der Waals surface area contributed by atoms with Crippen molar-refractivity contribution in [3.8, 4) is 11.5 Å². The summed E-state index contributed by atoms with van der Waals surface area (Å²) in [7, 11) is 3.14. The molecule has 3 heterocycles. The van der Waals surface area contributed by atoms with E-state index in [9.17, 15) is 14.4 Å². The molecular weight excluding hydrogens is 520 g/mol. The average Bonchev–Trinajstić information content (AvgIpc) is 3.37. The van der Waals surface area contributed by atoms with Gasteiger partial charge in [0.1, 0.15) is 5.58 Å². The number of fused-ring (bicyclic) bond motifs is 5. The standard InChI is InChI=1S/C33H32N2O6/c1-6-14-34-24-10-8-7-9-23(24)33(32(34)38)28-29(36)22-16-19(2)20(3)17-26(22)41-30(28)31(37)35(33)15-13-21-11-12-25(39-4)27(18-21)40-5/h7-12,16-18H,6,13-15H2,1-5H3. The molecule has 1 unspecified atom stereocenters. The van der Waals surface area contributed by atoms with Crippen LogP contribution in [0.4, 0.5) is 5.69 Å². The maximum absolute atomic E-state index is 14.6. The van der Waals surface area contributed by atoms with Gasteiger partial charge in [-0.2, -0.15) is 0 Å². The third-order valence-electron chi connectivity index (χ3n) is 8.37. The van der Waals surface area contributed by atoms with Crippen molar-refractivity contribution in [3.05, 3.63) is 98.4 Å². The molecule has 41 heavy (non-hydrogen) atoms. The number of para-hydroxylation sites is 1. The van der Waals surface area contributed by atoms with Gasteiger partial charge >= 0.3 is 0 Å². The lowest BCUT2D eigenvalue weighted by atomic mass is 9.83. The first-order valence-corrected chi connectivity index (χ1v) is 13.8. The predicted octanol–water partition coefficient (Wildman–Crippen LogP) is 5.13. The summed E-state index contributed by atoms with van der Waals surface area (Å²) in [5, 5.41) is 0.361. The molecule has 0 aliphatic carbocycles. The minimum absolute atomic E-state index is 0.0698. The molecule has 1 aromatic heterocycles. The predicted molar refractivity (Wildman–Crippen MR) is 156 cm³/mol. The van der Waals surface area contributed by atoms with Crippen LogP contribution in [0.5, 0.6) is 11.5 Å². The molecule has 2 amide bonds. The van der Waals surface area contributed by atoms with E-state index in [1.807, 2.05) is 63.2 Å². The van der Waals surface area contributed by atoms with E-state index in [0.717, 1.165) is 16.7 Å². The van der Waals surface area contributed by atoms with Gasteiger partial charge in [0, 0.05) is 18.7 Å². The fourth-order valence-corrected chi connectivity index (χ4v) is 6.27. The van der Waals surface area contributed by atoms with Crippen LogP contribution in [0.15, 0.2) is 63.8 Å². The third kappa shape index (κ3) is 3.70. The van der Waals surface area contributed by atoms with Crippen molar-refractivity contribution in [2.75, 3.05) is 32.2 Å². The maximum Gasteiger partial charge on any atom is 0.291 e. The van der Waals surface area contributed by atoms with Gasteiger partial charge in [0.2, 0.25) is 5.76 Å². The Balaban J connectivity index is 1.58. The van der Waals surface area contributed by atoms with Crippen molar-refractivity contribution in [1.82, 2.24) is 4.90 Å². The number of methoxy groups -OCH3 is 2. The van der Waals surface area contributed by atoms with Crippen LogP contribution in [-0.4, -0.2) is 44.0 Å². The summed E-state index contributed by atoms with van der Waals surface area (Å²) in [6, 6.07) is 16.6. The highest BCUT2D eigenvalue weighted by atomic mass is 16.5. The Hall–Kier alpha value is -4.59. The van der Waals surface area contributed by atoms with Gasteiger partial charge in [-0.05, 0) is 73.7 Å². The second kappa shape index (κ2) is 9.80. The summed E-state index contributed by atoms with van der Waals surface area (Å²) in [6.45, 7) is 6.49. The number of hydrogen-bond acceptors (Lipinski definition) is 6. The van der Waals surface area contributed by atoms with Crippen molar-refractivity contribution in [2.45, 2.75) is 39.2 Å². The molecule has 6 rings (SSSR count). The highest BCUT2D eigenvalue weighted by Crippen LogP contribution is 2.52. The molecule has 0 bridgehead atoms. The molecule has 4 aromatic rings. The van der Waals surface area contributed by atoms with Crippen LogP contribution < -0.4 is 19.8 Å². The van der Waals surface area contributed by atoms with Gasteiger partial charge < -0.3 is 23.7 Å². The Kier molecular flexibility index (Phi) is 6.36. The van der Waals surface area contributed by atoms with E-state index >= 15 is 0 Å². The van der Waals surface area contributed by atoms with E-state index in [1.54, 1.807) is 31.3 Å². The lowest BCUT2D eigenvalue weighted by Crippen LogP contribution is -2.54. The zero-order valence-corrected chi connectivity index (χ0v) is 23.9. The number of ether oxygens (including phenoxy) is 2. The summed E-state index contributed by atoms with van der Waals surface area (Å²) in [4.78, 5) is 46.4. The second-order valence-electron chi connectivity index (χ2n) is 10.6. The first-order chi connectivity index (χ1) is 19.8. The fourth-order valence-electron chi connectivity index (χ4n) is 6.27. The molecule has 3 aromatic carbocycles. The monoisotopic (exact) mass is 552 g/mol. The molecule has 0 fully saturated rings. The van der Waals surface area contributed by atoms with Crippen LogP contribution in [-0.2, 0) is 16.8 Å². The van der Waals surface area contributed by atoms with Crippen molar-refractivity contribution < 1.29 is 23.5 Å². The Morgan fingerprint density at radius 2 is 1.61 bits per heavy atom. The number of anilines is 1. The normalized spacial score (nSPS) is 17.5. The summed E-state index contributed by atoms with van der Waals surface area (Å²) in [5.41, 5.74) is 2.55. The SMILES string of the molecule is CCCN1C(=O)C2(c3ccccc31)c1c(oc3cc(C)c(C)cc3c1=O)C(=O)N2CCc1ccc(OC)c(OC)c1. The number of rotatable bonds is 7. The molecule has 2 aliphatic heterocycles. The van der Waals surface area contributed by atoms with E-state index in [1.165, 1.54) is 4.90 Å². The van der Waals surface area contributed by atoms with Crippen LogP contribution >= 0.6 is 0 Å². The van der Waals surface area contributed by atoms with Crippen molar-refractivity contribution in [2.24, 2.45) is 0 Å². The van der Waals surface area contributed by atoms with Gasteiger partial charge in [0.05, 0.1) is 30.9 Å². The third-order valence-corrected chi connectivity index (χ3v) is 8.37. The minimum atomic E-state index is -1.62.